The van der Waals surface area contributed by atoms with Crippen LogP contribution >= 0.6 is 0 Å². The predicted molar refractivity (Wildman–Crippen MR) is 41.8 cm³/mol. The molecule has 0 bridgehead atoms. The van der Waals surface area contributed by atoms with Crippen LogP contribution < -0.4 is 5.32 Å². The highest BCUT2D eigenvalue weighted by atomic mass is 32.2. The maximum atomic E-state index is 10.6. The first-order valence-corrected chi connectivity index (χ1v) is 5.32. The summed E-state index contributed by atoms with van der Waals surface area (Å²) in [6.07, 6.45) is 3.07. The van der Waals surface area contributed by atoms with Gasteiger partial charge in [0, 0.05) is 5.54 Å². The van der Waals surface area contributed by atoms with Crippen molar-refractivity contribution in [2.45, 2.75) is 18.4 Å². The first-order valence-electron chi connectivity index (χ1n) is 3.51. The van der Waals surface area contributed by atoms with Gasteiger partial charge in [0.15, 0.2) is 0 Å². The van der Waals surface area contributed by atoms with Crippen molar-refractivity contribution in [3.05, 3.63) is 0 Å². The standard InChI is InChI=1S/C6H13NO3S/c1-7-6(3-4-6)5-10-11(2,8)9/h7H,3-5H2,1-2H3. The lowest BCUT2D eigenvalue weighted by Crippen LogP contribution is -2.33. The Hall–Kier alpha value is -0.130. The molecule has 0 aliphatic heterocycles. The maximum Gasteiger partial charge on any atom is 0.264 e. The third-order valence-electron chi connectivity index (χ3n) is 1.93. The SMILES string of the molecule is CNC1(COS(C)(=O)=O)CC1. The molecule has 5 heteroatoms. The topological polar surface area (TPSA) is 55.4 Å². The molecule has 1 N–H and O–H groups in total. The van der Waals surface area contributed by atoms with Crippen molar-refractivity contribution in [3.63, 3.8) is 0 Å². The first kappa shape index (κ1) is 8.96. The van der Waals surface area contributed by atoms with E-state index in [4.69, 9.17) is 0 Å². The van der Waals surface area contributed by atoms with E-state index in [0.29, 0.717) is 0 Å². The lowest BCUT2D eigenvalue weighted by Gasteiger charge is -2.12. The quantitative estimate of drug-likeness (QED) is 0.603. The molecule has 11 heavy (non-hydrogen) atoms. The van der Waals surface area contributed by atoms with E-state index in [1.807, 2.05) is 7.05 Å². The van der Waals surface area contributed by atoms with Crippen LogP contribution in [-0.4, -0.2) is 33.9 Å². The number of nitrogens with one attached hydrogen (secondary N) is 1. The van der Waals surface area contributed by atoms with Gasteiger partial charge in [-0.05, 0) is 19.9 Å². The van der Waals surface area contributed by atoms with Gasteiger partial charge in [-0.25, -0.2) is 0 Å². The fourth-order valence-corrected chi connectivity index (χ4v) is 1.28. The molecule has 4 nitrogen and oxygen atoms in total. The molecule has 0 aromatic rings. The monoisotopic (exact) mass is 179 g/mol. The average Bonchev–Trinajstić information content (AvgIpc) is 2.63. The van der Waals surface area contributed by atoms with E-state index in [1.54, 1.807) is 0 Å². The zero-order valence-corrected chi connectivity index (χ0v) is 7.57. The molecule has 1 fully saturated rings. The fourth-order valence-electron chi connectivity index (χ4n) is 0.837. The Kier molecular flexibility index (Phi) is 2.22. The van der Waals surface area contributed by atoms with E-state index in [-0.39, 0.29) is 12.1 Å². The fraction of sp³-hybridized carbons (Fsp3) is 1.00. The molecule has 1 aliphatic carbocycles. The molecular formula is C6H13NO3S. The van der Waals surface area contributed by atoms with E-state index in [0.717, 1.165) is 19.1 Å². The molecule has 0 radical (unpaired) electrons. The Balaban J connectivity index is 2.33. The molecule has 0 heterocycles. The maximum absolute atomic E-state index is 10.6. The highest BCUT2D eigenvalue weighted by Crippen LogP contribution is 2.35. The molecule has 0 unspecified atom stereocenters. The Morgan fingerprint density at radius 2 is 2.09 bits per heavy atom. The van der Waals surface area contributed by atoms with Gasteiger partial charge >= 0.3 is 0 Å². The third kappa shape index (κ3) is 2.76. The van der Waals surface area contributed by atoms with Crippen LogP contribution in [0.3, 0.4) is 0 Å². The summed E-state index contributed by atoms with van der Waals surface area (Å²) in [5.74, 6) is 0. The Labute approximate surface area is 67.1 Å². The van der Waals surface area contributed by atoms with Gasteiger partial charge in [-0.3, -0.25) is 4.18 Å². The van der Waals surface area contributed by atoms with Crippen LogP contribution in [0, 0.1) is 0 Å². The molecule has 1 saturated carbocycles. The summed E-state index contributed by atoms with van der Waals surface area (Å²) in [7, 11) is -1.45. The summed E-state index contributed by atoms with van der Waals surface area (Å²) in [6.45, 7) is 0.266. The zero-order chi connectivity index (χ0) is 8.54. The number of likely N-dealkylation sites (N-methyl/N-ethyl adjacent to an activating group) is 1. The molecular weight excluding hydrogens is 166 g/mol. The summed E-state index contributed by atoms with van der Waals surface area (Å²) in [4.78, 5) is 0. The van der Waals surface area contributed by atoms with Gasteiger partial charge < -0.3 is 5.32 Å². The van der Waals surface area contributed by atoms with Crippen molar-refractivity contribution in [2.24, 2.45) is 0 Å². The van der Waals surface area contributed by atoms with Gasteiger partial charge in [0.25, 0.3) is 10.1 Å². The van der Waals surface area contributed by atoms with Crippen LogP contribution in [0.25, 0.3) is 0 Å². The molecule has 0 spiro atoms. The van der Waals surface area contributed by atoms with Crippen LogP contribution in [0.5, 0.6) is 0 Å². The third-order valence-corrected chi connectivity index (χ3v) is 2.48. The molecule has 0 aromatic carbocycles. The molecule has 1 aliphatic rings. The zero-order valence-electron chi connectivity index (χ0n) is 6.75. The van der Waals surface area contributed by atoms with Crippen LogP contribution in [0.4, 0.5) is 0 Å². The molecule has 0 aromatic heterocycles. The van der Waals surface area contributed by atoms with Crippen LogP contribution in [-0.2, 0) is 14.3 Å². The first-order chi connectivity index (χ1) is 4.97. The van der Waals surface area contributed by atoms with Gasteiger partial charge in [0.2, 0.25) is 0 Å². The van der Waals surface area contributed by atoms with E-state index in [2.05, 4.69) is 9.50 Å². The minimum absolute atomic E-state index is 0.0525. The summed E-state index contributed by atoms with van der Waals surface area (Å²) in [5.41, 5.74) is -0.0525. The molecule has 0 atom stereocenters. The predicted octanol–water partition coefficient (Wildman–Crippen LogP) is -0.285. The summed E-state index contributed by atoms with van der Waals surface area (Å²) >= 11 is 0. The van der Waals surface area contributed by atoms with Gasteiger partial charge in [-0.2, -0.15) is 8.42 Å². The van der Waals surface area contributed by atoms with Gasteiger partial charge in [-0.15, -0.1) is 0 Å². The average molecular weight is 179 g/mol. The van der Waals surface area contributed by atoms with Gasteiger partial charge in [0.05, 0.1) is 12.9 Å². The van der Waals surface area contributed by atoms with Crippen molar-refractivity contribution in [2.75, 3.05) is 19.9 Å². The second-order valence-corrected chi connectivity index (χ2v) is 4.64. The Bertz CT molecular complexity index is 230. The summed E-state index contributed by atoms with van der Waals surface area (Å²) in [5, 5.41) is 3.04. The van der Waals surface area contributed by atoms with E-state index in [9.17, 15) is 8.42 Å². The van der Waals surface area contributed by atoms with Crippen molar-refractivity contribution in [1.29, 1.82) is 0 Å². The molecule has 0 saturated heterocycles. The Morgan fingerprint density at radius 3 is 2.36 bits per heavy atom. The summed E-state index contributed by atoms with van der Waals surface area (Å²) < 4.78 is 25.8. The number of hydrogen-bond donors (Lipinski definition) is 1. The van der Waals surface area contributed by atoms with Crippen molar-refractivity contribution in [1.82, 2.24) is 5.32 Å². The molecule has 1 rings (SSSR count). The normalized spacial score (nSPS) is 21.6. The highest BCUT2D eigenvalue weighted by molar-refractivity contribution is 7.85. The van der Waals surface area contributed by atoms with E-state index >= 15 is 0 Å². The summed E-state index contributed by atoms with van der Waals surface area (Å²) in [6, 6.07) is 0. The lowest BCUT2D eigenvalue weighted by atomic mass is 10.3. The van der Waals surface area contributed by atoms with Crippen LogP contribution in [0.1, 0.15) is 12.8 Å². The second kappa shape index (κ2) is 2.73. The number of rotatable bonds is 4. The minimum atomic E-state index is -3.27. The lowest BCUT2D eigenvalue weighted by molar-refractivity contribution is 0.266. The van der Waals surface area contributed by atoms with Crippen molar-refractivity contribution < 1.29 is 12.6 Å². The van der Waals surface area contributed by atoms with Crippen LogP contribution in [0.15, 0.2) is 0 Å². The minimum Gasteiger partial charge on any atom is -0.312 e. The number of hydrogen-bond acceptors (Lipinski definition) is 4. The van der Waals surface area contributed by atoms with E-state index in [1.165, 1.54) is 0 Å². The molecule has 66 valence electrons. The van der Waals surface area contributed by atoms with E-state index < -0.39 is 10.1 Å². The largest absolute Gasteiger partial charge is 0.312 e. The van der Waals surface area contributed by atoms with Crippen molar-refractivity contribution >= 4 is 10.1 Å². The second-order valence-electron chi connectivity index (χ2n) is 3.00. The smallest absolute Gasteiger partial charge is 0.264 e. The van der Waals surface area contributed by atoms with Gasteiger partial charge in [0.1, 0.15) is 0 Å². The van der Waals surface area contributed by atoms with Crippen LogP contribution in [0.2, 0.25) is 0 Å². The Morgan fingerprint density at radius 1 is 1.55 bits per heavy atom. The van der Waals surface area contributed by atoms with Crippen molar-refractivity contribution in [3.8, 4) is 0 Å². The highest BCUT2D eigenvalue weighted by Gasteiger charge is 2.42. The molecule has 0 amide bonds. The van der Waals surface area contributed by atoms with Gasteiger partial charge in [-0.1, -0.05) is 0 Å².